The minimum Gasteiger partial charge on any atom is -0.497 e. The second-order valence-corrected chi connectivity index (χ2v) is 13.8. The van der Waals surface area contributed by atoms with E-state index in [9.17, 15) is 0 Å². The summed E-state index contributed by atoms with van der Waals surface area (Å²) in [6.07, 6.45) is 23.3. The van der Waals surface area contributed by atoms with Crippen LogP contribution in [0.1, 0.15) is 36.8 Å². The maximum Gasteiger partial charge on any atom is 0.119 e. The van der Waals surface area contributed by atoms with E-state index in [-0.39, 0.29) is 11.8 Å². The molecule has 0 heterocycles. The van der Waals surface area contributed by atoms with Gasteiger partial charge >= 0.3 is 0 Å². The Morgan fingerprint density at radius 2 is 1.05 bits per heavy atom. The van der Waals surface area contributed by atoms with Gasteiger partial charge in [-0.05, 0) is 82.6 Å². The Kier molecular flexibility index (Phi) is 7.25. The molecule has 0 aromatic heterocycles. The molecule has 0 saturated heterocycles. The van der Waals surface area contributed by atoms with Crippen LogP contribution < -0.4 is 9.47 Å². The third kappa shape index (κ3) is 4.63. The van der Waals surface area contributed by atoms with Crippen LogP contribution in [0.3, 0.4) is 0 Å². The summed E-state index contributed by atoms with van der Waals surface area (Å²) in [7, 11) is 2.58. The van der Waals surface area contributed by atoms with Crippen molar-refractivity contribution in [1.82, 2.24) is 0 Å². The Labute approximate surface area is 240 Å². The first-order chi connectivity index (χ1) is 19.5. The molecule has 201 valence electrons. The fourth-order valence-corrected chi connectivity index (χ4v) is 10.5. The number of ether oxygens (including phenoxy) is 2. The number of allylic oxidation sites excluding steroid dienone is 16. The minimum absolute atomic E-state index is 0.226. The molecule has 6 rings (SSSR count). The van der Waals surface area contributed by atoms with Crippen LogP contribution >= 0.6 is 0 Å². The first kappa shape index (κ1) is 26.4. The SMILES string of the molecule is COc1cccc(C2C=CC=CC3=C2C=C(C)C3[Si](C)C2C(C)=CC3=C2C=CC=CC3c2cccc(OC)c2)c1. The lowest BCUT2D eigenvalue weighted by atomic mass is 9.89. The minimum atomic E-state index is -0.906. The van der Waals surface area contributed by atoms with Gasteiger partial charge in [0.1, 0.15) is 11.5 Å². The zero-order chi connectivity index (χ0) is 27.8. The van der Waals surface area contributed by atoms with Crippen molar-refractivity contribution in [3.05, 3.63) is 154 Å². The molecule has 4 aliphatic rings. The van der Waals surface area contributed by atoms with Crippen LogP contribution in [-0.4, -0.2) is 23.0 Å². The highest BCUT2D eigenvalue weighted by Crippen LogP contribution is 2.53. The predicted molar refractivity (Wildman–Crippen MR) is 169 cm³/mol. The quantitative estimate of drug-likeness (QED) is 0.339. The van der Waals surface area contributed by atoms with Crippen molar-refractivity contribution in [1.29, 1.82) is 0 Å². The number of rotatable bonds is 6. The molecule has 0 amide bonds. The summed E-state index contributed by atoms with van der Waals surface area (Å²) in [6.45, 7) is 7.25. The van der Waals surface area contributed by atoms with Crippen molar-refractivity contribution >= 4 is 8.80 Å². The number of benzene rings is 2. The van der Waals surface area contributed by atoms with E-state index in [1.165, 1.54) is 44.6 Å². The van der Waals surface area contributed by atoms with Gasteiger partial charge in [-0.2, -0.15) is 0 Å². The average Bonchev–Trinajstić information content (AvgIpc) is 3.28. The molecule has 2 nitrogen and oxygen atoms in total. The first-order valence-corrected chi connectivity index (χ1v) is 16.3. The molecule has 1 radical (unpaired) electrons. The second-order valence-electron chi connectivity index (χ2n) is 11.2. The lowest BCUT2D eigenvalue weighted by molar-refractivity contribution is 0.414. The molecule has 0 spiro atoms. The van der Waals surface area contributed by atoms with E-state index in [2.05, 4.69) is 118 Å². The first-order valence-electron chi connectivity index (χ1n) is 14.2. The third-order valence-electron chi connectivity index (χ3n) is 8.83. The largest absolute Gasteiger partial charge is 0.497 e. The smallest absolute Gasteiger partial charge is 0.119 e. The van der Waals surface area contributed by atoms with Gasteiger partial charge in [0.15, 0.2) is 0 Å². The van der Waals surface area contributed by atoms with E-state index >= 15 is 0 Å². The maximum atomic E-state index is 5.57. The molecule has 2 aromatic carbocycles. The van der Waals surface area contributed by atoms with Crippen molar-refractivity contribution in [2.45, 2.75) is 43.3 Å². The molecular formula is C37H37O2Si. The van der Waals surface area contributed by atoms with Gasteiger partial charge in [-0.25, -0.2) is 0 Å². The van der Waals surface area contributed by atoms with E-state index in [0.29, 0.717) is 11.1 Å². The molecule has 0 saturated carbocycles. The standard InChI is InChI=1S/C37H37O2Si/c1-24-20-34-30(26-12-10-14-28(22-26)38-3)16-6-8-18-32(34)36(24)40(5)37-25(2)21-35-31(17-7-9-19-33(35)37)27-13-11-15-29(23-27)39-4/h6-23,30-31,36-37H,1-5H3. The van der Waals surface area contributed by atoms with Gasteiger partial charge in [0, 0.05) is 11.8 Å². The molecule has 0 bridgehead atoms. The molecule has 4 unspecified atom stereocenters. The molecule has 4 aliphatic carbocycles. The van der Waals surface area contributed by atoms with Crippen molar-refractivity contribution in [2.75, 3.05) is 14.2 Å². The van der Waals surface area contributed by atoms with Gasteiger partial charge in [-0.15, -0.1) is 0 Å². The van der Waals surface area contributed by atoms with Gasteiger partial charge in [-0.1, -0.05) is 103 Å². The van der Waals surface area contributed by atoms with Crippen LogP contribution in [-0.2, 0) is 0 Å². The van der Waals surface area contributed by atoms with Crippen LogP contribution in [0.2, 0.25) is 17.6 Å². The molecule has 3 heteroatoms. The summed E-state index contributed by atoms with van der Waals surface area (Å²) in [5.41, 5.74) is 12.3. The molecule has 0 fully saturated rings. The summed E-state index contributed by atoms with van der Waals surface area (Å²) >= 11 is 0. The fraction of sp³-hybridized carbons (Fsp3) is 0.243. The highest BCUT2D eigenvalue weighted by atomic mass is 28.3. The molecule has 0 aliphatic heterocycles. The second kappa shape index (κ2) is 11.0. The van der Waals surface area contributed by atoms with Crippen molar-refractivity contribution in [3.63, 3.8) is 0 Å². The van der Waals surface area contributed by atoms with Gasteiger partial charge in [0.05, 0.1) is 23.0 Å². The Morgan fingerprint density at radius 3 is 1.48 bits per heavy atom. The van der Waals surface area contributed by atoms with Crippen LogP contribution in [0.25, 0.3) is 0 Å². The Morgan fingerprint density at radius 1 is 0.600 bits per heavy atom. The van der Waals surface area contributed by atoms with Crippen LogP contribution in [0.4, 0.5) is 0 Å². The highest BCUT2D eigenvalue weighted by molar-refractivity contribution is 6.64. The van der Waals surface area contributed by atoms with E-state index < -0.39 is 8.80 Å². The van der Waals surface area contributed by atoms with Gasteiger partial charge in [0.2, 0.25) is 0 Å². The molecule has 0 N–H and O–H groups in total. The van der Waals surface area contributed by atoms with Crippen LogP contribution in [0.15, 0.2) is 143 Å². The normalized spacial score (nSPS) is 25.1. The number of hydrogen-bond acceptors (Lipinski definition) is 2. The van der Waals surface area contributed by atoms with Gasteiger partial charge in [-0.3, -0.25) is 0 Å². The third-order valence-corrected chi connectivity index (χ3v) is 12.2. The zero-order valence-electron chi connectivity index (χ0n) is 24.0. The molecule has 2 aromatic rings. The molecule has 4 atom stereocenters. The molecule has 40 heavy (non-hydrogen) atoms. The van der Waals surface area contributed by atoms with Crippen molar-refractivity contribution < 1.29 is 9.47 Å². The number of methoxy groups -OCH3 is 2. The summed E-state index contributed by atoms with van der Waals surface area (Å²) in [5.74, 6) is 2.27. The monoisotopic (exact) mass is 541 g/mol. The Hall–Kier alpha value is -3.82. The summed E-state index contributed by atoms with van der Waals surface area (Å²) in [5, 5.41) is 0. The van der Waals surface area contributed by atoms with E-state index in [0.717, 1.165) is 11.5 Å². The van der Waals surface area contributed by atoms with E-state index in [1.807, 2.05) is 12.1 Å². The van der Waals surface area contributed by atoms with E-state index in [4.69, 9.17) is 9.47 Å². The fourth-order valence-electron chi connectivity index (χ4n) is 7.07. The molecular weight excluding hydrogens is 504 g/mol. The highest BCUT2D eigenvalue weighted by Gasteiger charge is 2.41. The predicted octanol–water partition coefficient (Wildman–Crippen LogP) is 9.20. The van der Waals surface area contributed by atoms with Gasteiger partial charge in [0.25, 0.3) is 0 Å². The maximum absolute atomic E-state index is 5.57. The summed E-state index contributed by atoms with van der Waals surface area (Å²) in [6, 6.07) is 17.1. The summed E-state index contributed by atoms with van der Waals surface area (Å²) in [4.78, 5) is 0. The number of hydrogen-bond donors (Lipinski definition) is 0. The summed E-state index contributed by atoms with van der Waals surface area (Å²) < 4.78 is 11.1. The van der Waals surface area contributed by atoms with Crippen LogP contribution in [0, 0.1) is 0 Å². The Bertz CT molecular complexity index is 1460. The van der Waals surface area contributed by atoms with E-state index in [1.54, 1.807) is 14.2 Å². The Balaban J connectivity index is 1.38. The van der Waals surface area contributed by atoms with Gasteiger partial charge < -0.3 is 9.47 Å². The zero-order valence-corrected chi connectivity index (χ0v) is 25.0. The lowest BCUT2D eigenvalue weighted by Crippen LogP contribution is -2.25. The van der Waals surface area contributed by atoms with Crippen molar-refractivity contribution in [2.24, 2.45) is 0 Å². The van der Waals surface area contributed by atoms with Crippen LogP contribution in [0.5, 0.6) is 11.5 Å². The van der Waals surface area contributed by atoms with Crippen molar-refractivity contribution in [3.8, 4) is 11.5 Å². The lowest BCUT2D eigenvalue weighted by Gasteiger charge is -2.30. The topological polar surface area (TPSA) is 18.5 Å². The average molecular weight is 542 g/mol.